The monoisotopic (exact) mass is 305 g/mol. The van der Waals surface area contributed by atoms with Crippen LogP contribution in [-0.2, 0) is 0 Å². The van der Waals surface area contributed by atoms with Crippen LogP contribution < -0.4 is 5.32 Å². The lowest BCUT2D eigenvalue weighted by Crippen LogP contribution is -2.29. The van der Waals surface area contributed by atoms with Crippen LogP contribution in [0.5, 0.6) is 0 Å². The fourth-order valence-electron chi connectivity index (χ4n) is 1.97. The number of carbonyl (C=O) groups excluding carboxylic acids is 2. The maximum Gasteiger partial charge on any atom is 0.269 e. The van der Waals surface area contributed by atoms with Gasteiger partial charge in [0.2, 0.25) is 0 Å². The standard InChI is InChI=1S/C17H27N3O2/c1-5-6-11-20(4)17(22)14-8-10-18-15(12-14)16(21)19-9-7-13(2)3/h8,10,12-13H,5-7,9,11H2,1-4H3,(H,19,21). The molecular weight excluding hydrogens is 278 g/mol. The number of nitrogens with one attached hydrogen (secondary N) is 1. The Hall–Kier alpha value is -1.91. The highest BCUT2D eigenvalue weighted by molar-refractivity contribution is 5.98. The molecule has 0 spiro atoms. The van der Waals surface area contributed by atoms with Crippen LogP contribution in [0.15, 0.2) is 18.3 Å². The molecule has 1 rings (SSSR count). The summed E-state index contributed by atoms with van der Waals surface area (Å²) < 4.78 is 0. The van der Waals surface area contributed by atoms with E-state index >= 15 is 0 Å². The number of unbranched alkanes of at least 4 members (excludes halogenated alkanes) is 1. The number of amides is 2. The van der Waals surface area contributed by atoms with Gasteiger partial charge in [-0.25, -0.2) is 0 Å². The van der Waals surface area contributed by atoms with Gasteiger partial charge in [-0.15, -0.1) is 0 Å². The van der Waals surface area contributed by atoms with Gasteiger partial charge in [-0.05, 0) is 30.9 Å². The molecule has 0 fully saturated rings. The van der Waals surface area contributed by atoms with Crippen molar-refractivity contribution in [3.63, 3.8) is 0 Å². The largest absolute Gasteiger partial charge is 0.351 e. The molecule has 5 nitrogen and oxygen atoms in total. The summed E-state index contributed by atoms with van der Waals surface area (Å²) in [5, 5.41) is 2.83. The highest BCUT2D eigenvalue weighted by atomic mass is 16.2. The third-order valence-corrected chi connectivity index (χ3v) is 3.44. The van der Waals surface area contributed by atoms with Crippen molar-refractivity contribution in [2.45, 2.75) is 40.0 Å². The first-order chi connectivity index (χ1) is 10.5. The van der Waals surface area contributed by atoms with Crippen LogP contribution >= 0.6 is 0 Å². The molecule has 122 valence electrons. The average molecular weight is 305 g/mol. The second-order valence-corrected chi connectivity index (χ2v) is 5.95. The van der Waals surface area contributed by atoms with Crippen molar-refractivity contribution in [3.8, 4) is 0 Å². The second kappa shape index (κ2) is 9.18. The van der Waals surface area contributed by atoms with Gasteiger partial charge >= 0.3 is 0 Å². The number of hydrogen-bond donors (Lipinski definition) is 1. The normalized spacial score (nSPS) is 10.6. The van der Waals surface area contributed by atoms with Crippen LogP contribution in [0.2, 0.25) is 0 Å². The van der Waals surface area contributed by atoms with E-state index in [0.29, 0.717) is 30.3 Å². The molecule has 0 saturated carbocycles. The van der Waals surface area contributed by atoms with Crippen LogP contribution in [0.4, 0.5) is 0 Å². The molecule has 2 amide bonds. The van der Waals surface area contributed by atoms with Gasteiger partial charge in [0.25, 0.3) is 11.8 Å². The molecule has 1 heterocycles. The molecule has 0 radical (unpaired) electrons. The van der Waals surface area contributed by atoms with Crippen molar-refractivity contribution in [3.05, 3.63) is 29.6 Å². The van der Waals surface area contributed by atoms with E-state index in [4.69, 9.17) is 0 Å². The summed E-state index contributed by atoms with van der Waals surface area (Å²) in [5.41, 5.74) is 0.793. The Morgan fingerprint density at radius 2 is 2.09 bits per heavy atom. The fraction of sp³-hybridized carbons (Fsp3) is 0.588. The lowest BCUT2D eigenvalue weighted by Gasteiger charge is -2.17. The summed E-state index contributed by atoms with van der Waals surface area (Å²) in [5.74, 6) is 0.229. The summed E-state index contributed by atoms with van der Waals surface area (Å²) in [6.07, 6.45) is 4.44. The van der Waals surface area contributed by atoms with Crippen molar-refractivity contribution >= 4 is 11.8 Å². The van der Waals surface area contributed by atoms with E-state index in [0.717, 1.165) is 19.3 Å². The Labute approximate surface area is 133 Å². The molecule has 0 aliphatic rings. The summed E-state index contributed by atoms with van der Waals surface area (Å²) in [7, 11) is 1.78. The van der Waals surface area contributed by atoms with E-state index in [1.54, 1.807) is 24.1 Å². The van der Waals surface area contributed by atoms with E-state index in [2.05, 4.69) is 31.1 Å². The lowest BCUT2D eigenvalue weighted by atomic mass is 10.1. The Morgan fingerprint density at radius 1 is 1.36 bits per heavy atom. The quantitative estimate of drug-likeness (QED) is 0.803. The summed E-state index contributed by atoms with van der Waals surface area (Å²) in [4.78, 5) is 30.1. The molecule has 1 aromatic rings. The molecule has 0 bridgehead atoms. The number of aromatic nitrogens is 1. The average Bonchev–Trinajstić information content (AvgIpc) is 2.51. The van der Waals surface area contributed by atoms with Gasteiger partial charge in [0, 0.05) is 31.9 Å². The van der Waals surface area contributed by atoms with Crippen molar-refractivity contribution < 1.29 is 9.59 Å². The third-order valence-electron chi connectivity index (χ3n) is 3.44. The zero-order valence-electron chi connectivity index (χ0n) is 14.1. The number of pyridine rings is 1. The number of nitrogens with zero attached hydrogens (tertiary/aromatic N) is 2. The van der Waals surface area contributed by atoms with Gasteiger partial charge < -0.3 is 10.2 Å². The van der Waals surface area contributed by atoms with Gasteiger partial charge in [-0.2, -0.15) is 0 Å². The van der Waals surface area contributed by atoms with E-state index in [1.165, 1.54) is 6.20 Å². The Balaban J connectivity index is 2.68. The summed E-state index contributed by atoms with van der Waals surface area (Å²) in [6.45, 7) is 7.64. The Morgan fingerprint density at radius 3 is 2.73 bits per heavy atom. The molecular formula is C17H27N3O2. The SMILES string of the molecule is CCCCN(C)C(=O)c1ccnc(C(=O)NCCC(C)C)c1. The maximum atomic E-state index is 12.3. The molecule has 1 aromatic heterocycles. The van der Waals surface area contributed by atoms with E-state index < -0.39 is 0 Å². The first kappa shape index (κ1) is 18.1. The third kappa shape index (κ3) is 5.84. The topological polar surface area (TPSA) is 62.3 Å². The molecule has 0 aliphatic heterocycles. The summed E-state index contributed by atoms with van der Waals surface area (Å²) in [6, 6.07) is 3.21. The number of carbonyl (C=O) groups is 2. The van der Waals surface area contributed by atoms with Crippen molar-refractivity contribution in [2.75, 3.05) is 20.1 Å². The van der Waals surface area contributed by atoms with Gasteiger partial charge in [-0.3, -0.25) is 14.6 Å². The Kier molecular flexibility index (Phi) is 7.57. The zero-order chi connectivity index (χ0) is 16.5. The van der Waals surface area contributed by atoms with E-state index in [9.17, 15) is 9.59 Å². The zero-order valence-corrected chi connectivity index (χ0v) is 14.1. The minimum absolute atomic E-state index is 0.0768. The van der Waals surface area contributed by atoms with Crippen molar-refractivity contribution in [1.29, 1.82) is 0 Å². The number of rotatable bonds is 8. The highest BCUT2D eigenvalue weighted by Gasteiger charge is 2.14. The second-order valence-electron chi connectivity index (χ2n) is 5.95. The summed E-state index contributed by atoms with van der Waals surface area (Å²) >= 11 is 0. The van der Waals surface area contributed by atoms with Gasteiger partial charge in [0.05, 0.1) is 0 Å². The van der Waals surface area contributed by atoms with Crippen LogP contribution in [0, 0.1) is 5.92 Å². The lowest BCUT2D eigenvalue weighted by molar-refractivity contribution is 0.0793. The van der Waals surface area contributed by atoms with Crippen LogP contribution in [0.1, 0.15) is 60.9 Å². The molecule has 0 unspecified atom stereocenters. The van der Waals surface area contributed by atoms with E-state index in [-0.39, 0.29) is 11.8 Å². The van der Waals surface area contributed by atoms with Crippen molar-refractivity contribution in [1.82, 2.24) is 15.2 Å². The van der Waals surface area contributed by atoms with E-state index in [1.807, 2.05) is 0 Å². The smallest absolute Gasteiger partial charge is 0.269 e. The van der Waals surface area contributed by atoms with Gasteiger partial charge in [0.15, 0.2) is 0 Å². The minimum Gasteiger partial charge on any atom is -0.351 e. The maximum absolute atomic E-state index is 12.3. The molecule has 1 N–H and O–H groups in total. The minimum atomic E-state index is -0.230. The molecule has 0 atom stereocenters. The molecule has 5 heteroatoms. The van der Waals surface area contributed by atoms with Gasteiger partial charge in [0.1, 0.15) is 5.69 Å². The van der Waals surface area contributed by atoms with Crippen LogP contribution in [0.3, 0.4) is 0 Å². The van der Waals surface area contributed by atoms with Crippen LogP contribution in [-0.4, -0.2) is 41.8 Å². The first-order valence-corrected chi connectivity index (χ1v) is 7.95. The molecule has 0 saturated heterocycles. The first-order valence-electron chi connectivity index (χ1n) is 7.95. The Bertz CT molecular complexity index is 500. The fourth-order valence-corrected chi connectivity index (χ4v) is 1.97. The molecule has 0 aliphatic carbocycles. The highest BCUT2D eigenvalue weighted by Crippen LogP contribution is 2.07. The predicted molar refractivity (Wildman–Crippen MR) is 87.9 cm³/mol. The molecule has 22 heavy (non-hydrogen) atoms. The number of hydrogen-bond acceptors (Lipinski definition) is 3. The predicted octanol–water partition coefficient (Wildman–Crippen LogP) is 2.73. The molecule has 0 aromatic carbocycles. The van der Waals surface area contributed by atoms with Gasteiger partial charge in [-0.1, -0.05) is 27.2 Å². The van der Waals surface area contributed by atoms with Crippen LogP contribution in [0.25, 0.3) is 0 Å². The van der Waals surface area contributed by atoms with Crippen molar-refractivity contribution in [2.24, 2.45) is 5.92 Å².